The first-order valence-corrected chi connectivity index (χ1v) is 23.8. The number of nitrogens with one attached hydrogen (secondary N) is 4. The van der Waals surface area contributed by atoms with Crippen LogP contribution < -0.4 is 21.3 Å². The van der Waals surface area contributed by atoms with Crippen molar-refractivity contribution in [2.24, 2.45) is 21.3 Å². The molecule has 0 heterocycles. The van der Waals surface area contributed by atoms with E-state index in [2.05, 4.69) is 41.5 Å². The summed E-state index contributed by atoms with van der Waals surface area (Å²) in [4.78, 5) is 63.0. The van der Waals surface area contributed by atoms with Crippen molar-refractivity contribution in [3.05, 3.63) is 59.0 Å². The number of alkyl carbamates (subject to hydrolysis) is 1. The molecule has 0 bridgehead atoms. The van der Waals surface area contributed by atoms with E-state index in [1.54, 1.807) is 57.2 Å². The molecule has 2 rings (SSSR count). The molecule has 2 aromatic rings. The highest BCUT2D eigenvalue weighted by Crippen LogP contribution is 2.23. The maximum absolute atomic E-state index is 12.6. The Morgan fingerprint density at radius 2 is 1.06 bits per heavy atom. The van der Waals surface area contributed by atoms with Crippen LogP contribution >= 0.6 is 0 Å². The quantitative estimate of drug-likeness (QED) is 0.0202. The first kappa shape index (κ1) is 62.1. The number of carboxylic acid groups (broad SMARTS) is 2. The van der Waals surface area contributed by atoms with Crippen LogP contribution in [0.25, 0.3) is 10.4 Å². The lowest BCUT2D eigenvalue weighted by molar-refractivity contribution is -0.144. The van der Waals surface area contributed by atoms with Crippen molar-refractivity contribution < 1.29 is 76.8 Å². The summed E-state index contributed by atoms with van der Waals surface area (Å²) in [6.45, 7) is 12.8. The fraction of sp³-hybridized carbons (Fsp3) is 0.638. The molecule has 3 amide bonds. The third-order valence-corrected chi connectivity index (χ3v) is 9.37. The molecule has 0 radical (unpaired) electrons. The molecule has 0 aliphatic carbocycles. The number of ether oxygens (including phenoxy) is 9. The Morgan fingerprint density at radius 1 is 0.597 bits per heavy atom. The summed E-state index contributed by atoms with van der Waals surface area (Å²) in [5.41, 5.74) is 9.79. The summed E-state index contributed by atoms with van der Waals surface area (Å²) in [5.74, 6) is -4.22. The molecule has 25 heteroatoms. The number of carbonyl (C=O) groups is 5. The monoisotopic (exact) mass is 1020 g/mol. The summed E-state index contributed by atoms with van der Waals surface area (Å²) >= 11 is 0. The summed E-state index contributed by atoms with van der Waals surface area (Å²) in [5, 5.41) is 42.1. The molecule has 0 saturated carbocycles. The second-order valence-electron chi connectivity index (χ2n) is 16.4. The van der Waals surface area contributed by atoms with Gasteiger partial charge < -0.3 is 74.1 Å². The van der Waals surface area contributed by atoms with Crippen molar-refractivity contribution in [3.63, 3.8) is 0 Å². The molecular formula is C47H73N9O16. The number of nitrogens with zero attached hydrogens (tertiary/aromatic N) is 5. The van der Waals surface area contributed by atoms with Crippen LogP contribution in [0.5, 0.6) is 0 Å². The first-order valence-electron chi connectivity index (χ1n) is 23.8. The number of azo groups is 1. The van der Waals surface area contributed by atoms with Crippen molar-refractivity contribution >= 4 is 52.6 Å². The topological polar surface area (TPSA) is 330 Å². The summed E-state index contributed by atoms with van der Waals surface area (Å²) in [6.07, 6.45) is -0.931. The standard InChI is InChI=1S/C47H73N9O16/c1-47(2,3)72-46(63)53-41(45(61)62)35-36(44(59)60)5-4-6-43(58)52-38-9-13-40(14-10-38)55-54-39-11-7-37(8-12-39)49-16-17-50-42(57)15-19-64-21-23-66-25-27-68-29-31-70-33-34-71-32-30-69-28-26-67-24-22-65-20-18-51-56-48/h7-14,36,41,49H,4-6,15-35H2,1-3H3,(H,50,57)(H,52,58)(H,53,63)(H,59,60)(H,61,62)/b55-54+/t36-,41-/m0/s1. The van der Waals surface area contributed by atoms with E-state index in [4.69, 9.17) is 48.2 Å². The van der Waals surface area contributed by atoms with Gasteiger partial charge >= 0.3 is 18.0 Å². The smallest absolute Gasteiger partial charge is 0.408 e. The van der Waals surface area contributed by atoms with E-state index < -0.39 is 35.6 Å². The normalized spacial score (nSPS) is 12.2. The molecule has 0 aromatic heterocycles. The Morgan fingerprint density at radius 3 is 1.50 bits per heavy atom. The number of carboxylic acids is 2. The molecule has 2 atom stereocenters. The molecule has 0 spiro atoms. The lowest BCUT2D eigenvalue weighted by atomic mass is 9.94. The van der Waals surface area contributed by atoms with Gasteiger partial charge in [-0.3, -0.25) is 14.4 Å². The van der Waals surface area contributed by atoms with E-state index in [-0.39, 0.29) is 50.5 Å². The minimum atomic E-state index is -1.48. The van der Waals surface area contributed by atoms with Gasteiger partial charge in [-0.1, -0.05) is 5.11 Å². The molecule has 0 saturated heterocycles. The molecule has 6 N–H and O–H groups in total. The average molecular weight is 1020 g/mol. The van der Waals surface area contributed by atoms with Crippen molar-refractivity contribution in [1.29, 1.82) is 0 Å². The fourth-order valence-electron chi connectivity index (χ4n) is 5.86. The minimum Gasteiger partial charge on any atom is -0.481 e. The number of carbonyl (C=O) groups excluding carboxylic acids is 3. The SMILES string of the molecule is CC(C)(C)OC(=O)N[C@@H](C[C@H](CCCC(=O)Nc1ccc(/N=N/c2ccc(NCCNC(=O)CCOCCOCCOCCOCCOCCOCCOCCOCCN=[N+]=[N-])cc2)cc1)C(=O)O)C(=O)O. The molecule has 0 aliphatic rings. The van der Waals surface area contributed by atoms with Gasteiger partial charge in [0.15, 0.2) is 0 Å². The Bertz CT molecular complexity index is 1900. The van der Waals surface area contributed by atoms with Gasteiger partial charge in [-0.05, 0) is 94.1 Å². The molecule has 0 aliphatic heterocycles. The van der Waals surface area contributed by atoms with Gasteiger partial charge in [0.2, 0.25) is 11.8 Å². The molecule has 25 nitrogen and oxygen atoms in total. The summed E-state index contributed by atoms with van der Waals surface area (Å²) in [7, 11) is 0. The van der Waals surface area contributed by atoms with Crippen LogP contribution in [-0.2, 0) is 61.8 Å². The molecular weight excluding hydrogens is 947 g/mol. The third-order valence-electron chi connectivity index (χ3n) is 9.37. The maximum Gasteiger partial charge on any atom is 0.408 e. The number of hydrogen-bond acceptors (Lipinski definition) is 18. The van der Waals surface area contributed by atoms with Crippen molar-refractivity contribution in [2.75, 3.05) is 136 Å². The van der Waals surface area contributed by atoms with Gasteiger partial charge in [-0.25, -0.2) is 9.59 Å². The van der Waals surface area contributed by atoms with Gasteiger partial charge in [0.25, 0.3) is 0 Å². The molecule has 2 aromatic carbocycles. The Labute approximate surface area is 419 Å². The minimum absolute atomic E-state index is 0.00645. The van der Waals surface area contributed by atoms with E-state index in [0.29, 0.717) is 136 Å². The predicted octanol–water partition coefficient (Wildman–Crippen LogP) is 5.64. The van der Waals surface area contributed by atoms with E-state index in [9.17, 15) is 34.2 Å². The van der Waals surface area contributed by atoms with Crippen molar-refractivity contribution in [2.45, 2.75) is 64.5 Å². The van der Waals surface area contributed by atoms with Gasteiger partial charge in [-0.2, -0.15) is 10.2 Å². The number of benzene rings is 2. The van der Waals surface area contributed by atoms with Crippen LogP contribution in [0.4, 0.5) is 27.5 Å². The largest absolute Gasteiger partial charge is 0.481 e. The highest BCUT2D eigenvalue weighted by Gasteiger charge is 2.30. The van der Waals surface area contributed by atoms with E-state index in [0.717, 1.165) is 5.69 Å². The Kier molecular flexibility index (Phi) is 34.1. The average Bonchev–Trinajstić information content (AvgIpc) is 3.34. The highest BCUT2D eigenvalue weighted by atomic mass is 16.6. The van der Waals surface area contributed by atoms with Gasteiger partial charge in [0.1, 0.15) is 11.6 Å². The molecule has 402 valence electrons. The number of anilines is 2. The van der Waals surface area contributed by atoms with E-state index in [1.165, 1.54) is 0 Å². The molecule has 72 heavy (non-hydrogen) atoms. The number of amides is 3. The molecule has 0 unspecified atom stereocenters. The van der Waals surface area contributed by atoms with Crippen LogP contribution in [0.15, 0.2) is 63.9 Å². The zero-order chi connectivity index (χ0) is 52.5. The van der Waals surface area contributed by atoms with Gasteiger partial charge in [0.05, 0.1) is 123 Å². The van der Waals surface area contributed by atoms with Crippen LogP contribution in [0.1, 0.15) is 52.9 Å². The summed E-state index contributed by atoms with van der Waals surface area (Å²) < 4.78 is 48.5. The lowest BCUT2D eigenvalue weighted by Gasteiger charge is -2.23. The summed E-state index contributed by atoms with van der Waals surface area (Å²) in [6, 6.07) is 12.4. The third kappa shape index (κ3) is 34.3. The van der Waals surface area contributed by atoms with Gasteiger partial charge in [0, 0.05) is 48.8 Å². The fourth-order valence-corrected chi connectivity index (χ4v) is 5.86. The van der Waals surface area contributed by atoms with Crippen LogP contribution in [0.3, 0.4) is 0 Å². The van der Waals surface area contributed by atoms with Crippen LogP contribution in [0.2, 0.25) is 0 Å². The molecule has 0 fully saturated rings. The number of hydrogen-bond donors (Lipinski definition) is 6. The maximum atomic E-state index is 12.6. The van der Waals surface area contributed by atoms with E-state index >= 15 is 0 Å². The van der Waals surface area contributed by atoms with Crippen molar-refractivity contribution in [1.82, 2.24) is 10.6 Å². The Hall–Kier alpha value is -6.02. The number of azide groups is 1. The van der Waals surface area contributed by atoms with Crippen molar-refractivity contribution in [3.8, 4) is 0 Å². The van der Waals surface area contributed by atoms with Crippen LogP contribution in [0, 0.1) is 5.92 Å². The second kappa shape index (κ2) is 39.6. The zero-order valence-corrected chi connectivity index (χ0v) is 41.6. The highest BCUT2D eigenvalue weighted by molar-refractivity contribution is 5.90. The second-order valence-corrected chi connectivity index (χ2v) is 16.4. The van der Waals surface area contributed by atoms with Crippen LogP contribution in [-0.4, -0.2) is 177 Å². The Balaban J connectivity index is 1.44. The number of rotatable bonds is 43. The first-order chi connectivity index (χ1) is 34.8. The predicted molar refractivity (Wildman–Crippen MR) is 263 cm³/mol. The van der Waals surface area contributed by atoms with E-state index in [1.807, 2.05) is 12.1 Å². The number of aliphatic carboxylic acids is 2. The zero-order valence-electron chi connectivity index (χ0n) is 41.6. The van der Waals surface area contributed by atoms with Gasteiger partial charge in [-0.15, -0.1) is 0 Å². The lowest BCUT2D eigenvalue weighted by Crippen LogP contribution is -2.45.